The second-order valence-corrected chi connectivity index (χ2v) is 11.1. The fourth-order valence-electron chi connectivity index (χ4n) is 4.23. The molecule has 43 heavy (non-hydrogen) atoms. The van der Waals surface area contributed by atoms with Crippen molar-refractivity contribution in [3.8, 4) is 5.75 Å². The summed E-state index contributed by atoms with van der Waals surface area (Å²) in [6.45, 7) is -0.175. The van der Waals surface area contributed by atoms with E-state index in [1.807, 2.05) is 0 Å². The number of nitrogen functional groups attached to an aromatic ring is 1. The number of benzene rings is 2. The van der Waals surface area contributed by atoms with Gasteiger partial charge in [0.15, 0.2) is 0 Å². The van der Waals surface area contributed by atoms with Crippen LogP contribution in [-0.4, -0.2) is 83.8 Å². The SMILES string of the molecule is COc1ccc2ccc(S(=O)(=O)N(CC(N)=O)[C@H]3CCN(Cc4ccnc(C(=N)N)c4)C3=O)cc2c1.O=C(O)C(F)(F)F. The summed E-state index contributed by atoms with van der Waals surface area (Å²) in [5.74, 6) is -3.70. The molecule has 0 aliphatic carbocycles. The van der Waals surface area contributed by atoms with Crippen LogP contribution in [0.3, 0.4) is 0 Å². The van der Waals surface area contributed by atoms with E-state index >= 15 is 0 Å². The van der Waals surface area contributed by atoms with Crippen LogP contribution in [0.4, 0.5) is 13.2 Å². The minimum atomic E-state index is -5.08. The highest BCUT2D eigenvalue weighted by Gasteiger charge is 2.42. The summed E-state index contributed by atoms with van der Waals surface area (Å²) in [5.41, 5.74) is 11.9. The number of nitrogens with one attached hydrogen (secondary N) is 1. The standard InChI is InChI=1S/C24H26N6O5S.C2HF3O2/c1-35-18-4-2-16-3-5-19(12-17(16)11-18)36(33,34)30(14-22(25)31)21-7-9-29(24(21)32)13-15-6-8-28-20(10-15)23(26)27;3-2(4,5)1(6)7/h2-6,8,10-12,21H,7,9,13-14H2,1H3,(H2,25,31)(H3,26,27);(H,6,7)/t21-;/m0./s1. The number of hydrogen-bond acceptors (Lipinski definition) is 8. The zero-order valence-corrected chi connectivity index (χ0v) is 23.4. The van der Waals surface area contributed by atoms with Gasteiger partial charge in [0.25, 0.3) is 0 Å². The summed E-state index contributed by atoms with van der Waals surface area (Å²) < 4.78 is 65.2. The van der Waals surface area contributed by atoms with E-state index in [1.54, 1.807) is 36.4 Å². The average Bonchev–Trinajstić information content (AvgIpc) is 3.29. The number of aliphatic carboxylic acids is 1. The van der Waals surface area contributed by atoms with Crippen LogP contribution in [0.2, 0.25) is 0 Å². The number of hydrogen-bond donors (Lipinski definition) is 4. The van der Waals surface area contributed by atoms with Gasteiger partial charge in [0.05, 0.1) is 18.6 Å². The fourth-order valence-corrected chi connectivity index (χ4v) is 5.84. The lowest BCUT2D eigenvalue weighted by Crippen LogP contribution is -2.48. The molecule has 17 heteroatoms. The molecule has 6 N–H and O–H groups in total. The quantitative estimate of drug-likeness (QED) is 0.200. The van der Waals surface area contributed by atoms with E-state index in [0.717, 1.165) is 9.69 Å². The predicted octanol–water partition coefficient (Wildman–Crippen LogP) is 1.44. The van der Waals surface area contributed by atoms with E-state index in [-0.39, 0.29) is 35.9 Å². The van der Waals surface area contributed by atoms with Crippen molar-refractivity contribution in [1.29, 1.82) is 5.41 Å². The number of sulfonamides is 1. The Bertz CT molecular complexity index is 1670. The molecule has 0 spiro atoms. The molecule has 2 aromatic carbocycles. The Morgan fingerprint density at radius 2 is 1.79 bits per heavy atom. The van der Waals surface area contributed by atoms with Crippen molar-refractivity contribution in [2.24, 2.45) is 11.5 Å². The number of primary amides is 1. The zero-order chi connectivity index (χ0) is 32.1. The first kappa shape index (κ1) is 32.7. The highest BCUT2D eigenvalue weighted by molar-refractivity contribution is 7.89. The van der Waals surface area contributed by atoms with Crippen molar-refractivity contribution in [3.63, 3.8) is 0 Å². The molecule has 1 atom stereocenters. The number of methoxy groups -OCH3 is 1. The van der Waals surface area contributed by atoms with Crippen molar-refractivity contribution < 1.29 is 45.8 Å². The second kappa shape index (κ2) is 13.0. The molecule has 2 heterocycles. The summed E-state index contributed by atoms with van der Waals surface area (Å²) in [6.07, 6.45) is -3.40. The highest BCUT2D eigenvalue weighted by atomic mass is 32.2. The topological polar surface area (TPSA) is 210 Å². The van der Waals surface area contributed by atoms with Gasteiger partial charge in [-0.2, -0.15) is 17.5 Å². The van der Waals surface area contributed by atoms with Gasteiger partial charge in [-0.25, -0.2) is 13.2 Å². The molecule has 0 saturated carbocycles. The molecule has 1 aliphatic rings. The van der Waals surface area contributed by atoms with E-state index in [0.29, 0.717) is 16.7 Å². The minimum Gasteiger partial charge on any atom is -0.497 e. The lowest BCUT2D eigenvalue weighted by molar-refractivity contribution is -0.192. The van der Waals surface area contributed by atoms with Gasteiger partial charge in [0, 0.05) is 19.3 Å². The summed E-state index contributed by atoms with van der Waals surface area (Å²) in [7, 11) is -2.73. The van der Waals surface area contributed by atoms with Crippen LogP contribution in [0.5, 0.6) is 5.75 Å². The van der Waals surface area contributed by atoms with E-state index in [4.69, 9.17) is 31.5 Å². The molecule has 4 rings (SSSR count). The Balaban J connectivity index is 0.000000646. The molecule has 1 fully saturated rings. The largest absolute Gasteiger partial charge is 0.497 e. The van der Waals surface area contributed by atoms with Crippen LogP contribution in [0.15, 0.2) is 59.6 Å². The number of carbonyl (C=O) groups is 3. The molecular formula is C26H27F3N6O7S. The predicted molar refractivity (Wildman–Crippen MR) is 146 cm³/mol. The number of nitrogens with zero attached hydrogens (tertiary/aromatic N) is 3. The summed E-state index contributed by atoms with van der Waals surface area (Å²) in [5, 5.41) is 16.1. The minimum absolute atomic E-state index is 0.0593. The van der Waals surface area contributed by atoms with Crippen LogP contribution >= 0.6 is 0 Å². The molecule has 0 radical (unpaired) electrons. The van der Waals surface area contributed by atoms with Gasteiger partial charge in [-0.3, -0.25) is 20.0 Å². The van der Waals surface area contributed by atoms with Gasteiger partial charge < -0.3 is 26.2 Å². The first-order valence-electron chi connectivity index (χ1n) is 12.3. The van der Waals surface area contributed by atoms with Crippen molar-refractivity contribution in [1.82, 2.24) is 14.2 Å². The monoisotopic (exact) mass is 624 g/mol. The Morgan fingerprint density at radius 1 is 1.14 bits per heavy atom. The van der Waals surface area contributed by atoms with E-state index in [1.165, 1.54) is 30.3 Å². The van der Waals surface area contributed by atoms with Crippen molar-refractivity contribution in [2.75, 3.05) is 20.2 Å². The lowest BCUT2D eigenvalue weighted by atomic mass is 10.1. The molecule has 230 valence electrons. The molecule has 2 amide bonds. The lowest BCUT2D eigenvalue weighted by Gasteiger charge is -2.26. The third-order valence-electron chi connectivity index (χ3n) is 6.27. The number of amidine groups is 1. The Morgan fingerprint density at radius 3 is 2.37 bits per heavy atom. The van der Waals surface area contributed by atoms with Gasteiger partial charge in [-0.15, -0.1) is 0 Å². The van der Waals surface area contributed by atoms with Crippen LogP contribution in [0.1, 0.15) is 17.7 Å². The first-order chi connectivity index (χ1) is 20.0. The molecule has 3 aromatic rings. The molecular weight excluding hydrogens is 597 g/mol. The maximum Gasteiger partial charge on any atom is 0.490 e. The van der Waals surface area contributed by atoms with Crippen molar-refractivity contribution in [2.45, 2.75) is 30.1 Å². The zero-order valence-electron chi connectivity index (χ0n) is 22.5. The van der Waals surface area contributed by atoms with E-state index < -0.39 is 46.6 Å². The van der Waals surface area contributed by atoms with Gasteiger partial charge in [-0.1, -0.05) is 12.1 Å². The maximum atomic E-state index is 13.7. The number of aromatic nitrogens is 1. The second-order valence-electron chi connectivity index (χ2n) is 9.22. The summed E-state index contributed by atoms with van der Waals surface area (Å²) in [4.78, 5) is 39.5. The molecule has 1 aliphatic heterocycles. The van der Waals surface area contributed by atoms with Crippen LogP contribution in [-0.2, 0) is 31.0 Å². The molecule has 1 saturated heterocycles. The molecule has 0 unspecified atom stereocenters. The van der Waals surface area contributed by atoms with Gasteiger partial charge in [0.1, 0.15) is 23.3 Å². The van der Waals surface area contributed by atoms with Gasteiger partial charge in [-0.05, 0) is 59.2 Å². The normalized spacial score (nSPS) is 15.2. The van der Waals surface area contributed by atoms with Crippen LogP contribution in [0, 0.1) is 5.41 Å². The highest BCUT2D eigenvalue weighted by Crippen LogP contribution is 2.29. The average molecular weight is 625 g/mol. The Labute approximate surface area is 243 Å². The van der Waals surface area contributed by atoms with Gasteiger partial charge in [0.2, 0.25) is 21.8 Å². The summed E-state index contributed by atoms with van der Waals surface area (Å²) in [6, 6.07) is 12.1. The smallest absolute Gasteiger partial charge is 0.490 e. The number of pyridine rings is 1. The Hall–Kier alpha value is -4.77. The van der Waals surface area contributed by atoms with Gasteiger partial charge >= 0.3 is 12.1 Å². The number of amides is 2. The number of likely N-dealkylation sites (tertiary alicyclic amines) is 1. The number of carboxylic acid groups (broad SMARTS) is 1. The van der Waals surface area contributed by atoms with E-state index in [9.17, 15) is 31.2 Å². The van der Waals surface area contributed by atoms with E-state index in [2.05, 4.69) is 4.98 Å². The third kappa shape index (κ3) is 7.95. The summed E-state index contributed by atoms with van der Waals surface area (Å²) >= 11 is 0. The number of nitrogens with two attached hydrogens (primary N) is 2. The number of rotatable bonds is 9. The van der Waals surface area contributed by atoms with Crippen molar-refractivity contribution >= 4 is 44.4 Å². The first-order valence-corrected chi connectivity index (χ1v) is 13.7. The number of halogens is 3. The van der Waals surface area contributed by atoms with Crippen molar-refractivity contribution in [3.05, 3.63) is 66.0 Å². The number of ether oxygens (including phenoxy) is 1. The molecule has 13 nitrogen and oxygen atoms in total. The Kier molecular flexibility index (Phi) is 9.92. The van der Waals surface area contributed by atoms with Crippen LogP contribution < -0.4 is 16.2 Å². The van der Waals surface area contributed by atoms with Crippen LogP contribution in [0.25, 0.3) is 10.8 Å². The fraction of sp³-hybridized carbons (Fsp3) is 0.269. The number of fused-ring (bicyclic) bond motifs is 1. The molecule has 1 aromatic heterocycles. The number of alkyl halides is 3. The maximum absolute atomic E-state index is 13.7. The number of carboxylic acids is 1. The molecule has 0 bridgehead atoms. The number of carbonyl (C=O) groups excluding carboxylic acids is 2. The third-order valence-corrected chi connectivity index (χ3v) is 8.12.